The maximum Gasteiger partial charge on any atom is 0.414 e. The van der Waals surface area contributed by atoms with Gasteiger partial charge >= 0.3 is 6.09 Å². The predicted octanol–water partition coefficient (Wildman–Crippen LogP) is 1.46. The van der Waals surface area contributed by atoms with Crippen LogP contribution in [0.1, 0.15) is 22.8 Å². The summed E-state index contributed by atoms with van der Waals surface area (Å²) in [6.07, 6.45) is -0.758. The number of rotatable bonds is 2. The summed E-state index contributed by atoms with van der Waals surface area (Å²) in [6.45, 7) is 3.71. The molecule has 0 saturated heterocycles. The van der Waals surface area contributed by atoms with E-state index < -0.39 is 12.0 Å². The molecule has 5 nitrogen and oxygen atoms in total. The van der Waals surface area contributed by atoms with Crippen molar-refractivity contribution in [1.29, 1.82) is 0 Å². The number of hydrogen-bond donors (Lipinski definition) is 2. The maximum atomic E-state index is 11.5. The fourth-order valence-corrected chi connectivity index (χ4v) is 1.11. The van der Waals surface area contributed by atoms with E-state index in [1.54, 1.807) is 19.1 Å². The molecular formula is C11H14N2O3. The van der Waals surface area contributed by atoms with Crippen LogP contribution in [0.5, 0.6) is 0 Å². The summed E-state index contributed by atoms with van der Waals surface area (Å²) in [5.74, 6) is -0.523. The minimum absolute atomic E-state index is 0.217. The van der Waals surface area contributed by atoms with Crippen LogP contribution >= 0.6 is 0 Å². The quantitative estimate of drug-likeness (QED) is 0.742. The Morgan fingerprint density at radius 1 is 1.44 bits per heavy atom. The Morgan fingerprint density at radius 3 is 2.69 bits per heavy atom. The number of alkyl carbamates (subject to hydrolysis) is 1. The number of nitrogens with one attached hydrogen (secondary N) is 1. The van der Waals surface area contributed by atoms with Crippen molar-refractivity contribution in [2.45, 2.75) is 13.8 Å². The SMILES string of the molecule is CCOC(=O)NC(=O)c1ccc(C)c(N)c1. The van der Waals surface area contributed by atoms with Gasteiger partial charge in [0.1, 0.15) is 0 Å². The van der Waals surface area contributed by atoms with Crippen LogP contribution < -0.4 is 11.1 Å². The molecule has 0 aliphatic heterocycles. The molecule has 5 heteroatoms. The smallest absolute Gasteiger partial charge is 0.414 e. The molecule has 0 heterocycles. The van der Waals surface area contributed by atoms with Gasteiger partial charge in [0.15, 0.2) is 0 Å². The van der Waals surface area contributed by atoms with E-state index in [1.807, 2.05) is 6.92 Å². The van der Waals surface area contributed by atoms with Gasteiger partial charge in [-0.15, -0.1) is 0 Å². The summed E-state index contributed by atoms with van der Waals surface area (Å²) in [6, 6.07) is 4.83. The highest BCUT2D eigenvalue weighted by atomic mass is 16.5. The summed E-state index contributed by atoms with van der Waals surface area (Å²) in [5.41, 5.74) is 7.37. The normalized spacial score (nSPS) is 9.62. The first-order valence-corrected chi connectivity index (χ1v) is 4.88. The number of aryl methyl sites for hydroxylation is 1. The van der Waals surface area contributed by atoms with Crippen LogP contribution in [0.15, 0.2) is 18.2 Å². The van der Waals surface area contributed by atoms with Crippen LogP contribution in [0.3, 0.4) is 0 Å². The fraction of sp³-hybridized carbons (Fsp3) is 0.273. The number of nitrogen functional groups attached to an aromatic ring is 1. The van der Waals surface area contributed by atoms with Gasteiger partial charge in [-0.2, -0.15) is 0 Å². The fourth-order valence-electron chi connectivity index (χ4n) is 1.11. The molecule has 0 bridgehead atoms. The third-order valence-electron chi connectivity index (χ3n) is 2.03. The van der Waals surface area contributed by atoms with Gasteiger partial charge in [-0.05, 0) is 31.5 Å². The van der Waals surface area contributed by atoms with Crippen molar-refractivity contribution < 1.29 is 14.3 Å². The van der Waals surface area contributed by atoms with Gasteiger partial charge in [-0.25, -0.2) is 4.79 Å². The van der Waals surface area contributed by atoms with Crippen LogP contribution in [0.25, 0.3) is 0 Å². The Labute approximate surface area is 93.6 Å². The molecule has 0 aliphatic carbocycles. The Balaban J connectivity index is 2.73. The van der Waals surface area contributed by atoms with E-state index in [-0.39, 0.29) is 6.61 Å². The van der Waals surface area contributed by atoms with Crippen molar-refractivity contribution in [3.63, 3.8) is 0 Å². The molecule has 3 N–H and O–H groups in total. The number of ether oxygens (including phenoxy) is 1. The van der Waals surface area contributed by atoms with Gasteiger partial charge in [0.2, 0.25) is 0 Å². The first kappa shape index (κ1) is 12.0. The van der Waals surface area contributed by atoms with Crippen LogP contribution in [-0.2, 0) is 4.74 Å². The Bertz CT molecular complexity index is 416. The molecule has 0 spiro atoms. The number of anilines is 1. The topological polar surface area (TPSA) is 81.4 Å². The number of nitrogens with two attached hydrogens (primary N) is 1. The number of amides is 2. The highest BCUT2D eigenvalue weighted by Crippen LogP contribution is 2.12. The van der Waals surface area contributed by atoms with Gasteiger partial charge < -0.3 is 10.5 Å². The summed E-state index contributed by atoms with van der Waals surface area (Å²) in [4.78, 5) is 22.5. The standard InChI is InChI=1S/C11H14N2O3/c1-3-16-11(15)13-10(14)8-5-4-7(2)9(12)6-8/h4-6H,3,12H2,1-2H3,(H,13,14,15). The number of carbonyl (C=O) groups is 2. The lowest BCUT2D eigenvalue weighted by molar-refractivity contribution is 0.0925. The molecule has 16 heavy (non-hydrogen) atoms. The Morgan fingerprint density at radius 2 is 2.12 bits per heavy atom. The second-order valence-electron chi connectivity index (χ2n) is 3.25. The van der Waals surface area contributed by atoms with E-state index >= 15 is 0 Å². The molecular weight excluding hydrogens is 208 g/mol. The molecule has 0 atom stereocenters. The molecule has 0 aromatic heterocycles. The van der Waals surface area contributed by atoms with Crippen molar-refractivity contribution in [3.05, 3.63) is 29.3 Å². The van der Waals surface area contributed by atoms with Crippen molar-refractivity contribution in [1.82, 2.24) is 5.32 Å². The largest absolute Gasteiger partial charge is 0.450 e. The summed E-state index contributed by atoms with van der Waals surface area (Å²) in [7, 11) is 0. The van der Waals surface area contributed by atoms with Crippen LogP contribution in [0.4, 0.5) is 10.5 Å². The molecule has 0 aliphatic rings. The molecule has 86 valence electrons. The number of benzene rings is 1. The van der Waals surface area contributed by atoms with Crippen LogP contribution in [0, 0.1) is 6.92 Å². The van der Waals surface area contributed by atoms with E-state index in [0.29, 0.717) is 11.3 Å². The zero-order valence-corrected chi connectivity index (χ0v) is 9.24. The lowest BCUT2D eigenvalue weighted by atomic mass is 10.1. The third-order valence-corrected chi connectivity index (χ3v) is 2.03. The molecule has 0 radical (unpaired) electrons. The highest BCUT2D eigenvalue weighted by Gasteiger charge is 2.11. The molecule has 0 saturated carbocycles. The van der Waals surface area contributed by atoms with Gasteiger partial charge in [-0.1, -0.05) is 6.07 Å². The average Bonchev–Trinajstić information content (AvgIpc) is 2.22. The minimum atomic E-state index is -0.758. The minimum Gasteiger partial charge on any atom is -0.450 e. The molecule has 1 aromatic carbocycles. The van der Waals surface area contributed by atoms with Crippen molar-refractivity contribution >= 4 is 17.7 Å². The first-order valence-electron chi connectivity index (χ1n) is 4.88. The molecule has 1 rings (SSSR count). The highest BCUT2D eigenvalue weighted by molar-refractivity contribution is 6.03. The average molecular weight is 222 g/mol. The van der Waals surface area contributed by atoms with E-state index in [1.165, 1.54) is 6.07 Å². The van der Waals surface area contributed by atoms with Crippen LogP contribution in [-0.4, -0.2) is 18.6 Å². The third kappa shape index (κ3) is 2.98. The van der Waals surface area contributed by atoms with Gasteiger partial charge in [-0.3, -0.25) is 10.1 Å². The predicted molar refractivity (Wildman–Crippen MR) is 60.1 cm³/mol. The molecule has 2 amide bonds. The Hall–Kier alpha value is -2.04. The summed E-state index contributed by atoms with van der Waals surface area (Å²) < 4.78 is 4.59. The van der Waals surface area contributed by atoms with Crippen LogP contribution in [0.2, 0.25) is 0 Å². The van der Waals surface area contributed by atoms with E-state index in [4.69, 9.17) is 5.73 Å². The van der Waals surface area contributed by atoms with Crippen molar-refractivity contribution in [2.24, 2.45) is 0 Å². The van der Waals surface area contributed by atoms with E-state index in [0.717, 1.165) is 5.56 Å². The summed E-state index contributed by atoms with van der Waals surface area (Å²) in [5, 5.41) is 2.09. The lowest BCUT2D eigenvalue weighted by Crippen LogP contribution is -2.31. The Kier molecular flexibility index (Phi) is 3.88. The van der Waals surface area contributed by atoms with E-state index in [2.05, 4.69) is 10.1 Å². The lowest BCUT2D eigenvalue weighted by Gasteiger charge is -2.05. The monoisotopic (exact) mass is 222 g/mol. The zero-order valence-electron chi connectivity index (χ0n) is 9.24. The van der Waals surface area contributed by atoms with Crippen molar-refractivity contribution in [3.8, 4) is 0 Å². The van der Waals surface area contributed by atoms with Gasteiger partial charge in [0, 0.05) is 11.3 Å². The maximum absolute atomic E-state index is 11.5. The number of imide groups is 1. The molecule has 0 unspecified atom stereocenters. The number of carbonyl (C=O) groups excluding carboxylic acids is 2. The molecule has 1 aromatic rings. The van der Waals surface area contributed by atoms with Crippen molar-refractivity contribution in [2.75, 3.05) is 12.3 Å². The number of hydrogen-bond acceptors (Lipinski definition) is 4. The second kappa shape index (κ2) is 5.16. The van der Waals surface area contributed by atoms with Gasteiger partial charge in [0.05, 0.1) is 6.61 Å². The van der Waals surface area contributed by atoms with Gasteiger partial charge in [0.25, 0.3) is 5.91 Å². The first-order chi connectivity index (χ1) is 7.54. The zero-order chi connectivity index (χ0) is 12.1. The summed E-state index contributed by atoms with van der Waals surface area (Å²) >= 11 is 0. The molecule has 0 fully saturated rings. The second-order valence-corrected chi connectivity index (χ2v) is 3.25. The van der Waals surface area contributed by atoms with E-state index in [9.17, 15) is 9.59 Å².